The Bertz CT molecular complexity index is 620. The molecule has 1 aromatic heterocycles. The summed E-state index contributed by atoms with van der Waals surface area (Å²) >= 11 is 3.30. The van der Waals surface area contributed by atoms with E-state index in [9.17, 15) is 13.2 Å². The molecule has 0 radical (unpaired) electrons. The largest absolute Gasteiger partial charge is 0.383 e. The monoisotopic (exact) mass is 376 g/mol. The molecule has 1 aliphatic heterocycles. The number of carbonyl (C=O) groups excluding carboxylic acids is 1. The second-order valence-electron chi connectivity index (χ2n) is 4.88. The summed E-state index contributed by atoms with van der Waals surface area (Å²) in [5.74, 6) is -0.147. The maximum Gasteiger partial charge on any atom is 0.273 e. The van der Waals surface area contributed by atoms with Crippen molar-refractivity contribution in [1.82, 2.24) is 9.88 Å². The first-order valence-electron chi connectivity index (χ1n) is 6.55. The van der Waals surface area contributed by atoms with Crippen molar-refractivity contribution < 1.29 is 17.9 Å². The van der Waals surface area contributed by atoms with Crippen LogP contribution in [-0.2, 0) is 14.6 Å². The molecule has 6 nitrogen and oxygen atoms in total. The van der Waals surface area contributed by atoms with Gasteiger partial charge in [-0.3, -0.25) is 4.79 Å². The van der Waals surface area contributed by atoms with Gasteiger partial charge in [0.05, 0.1) is 18.1 Å². The van der Waals surface area contributed by atoms with Crippen LogP contribution in [0, 0.1) is 0 Å². The number of methoxy groups -OCH3 is 1. The van der Waals surface area contributed by atoms with E-state index in [-0.39, 0.29) is 29.1 Å². The fraction of sp³-hybridized carbons (Fsp3) is 0.538. The van der Waals surface area contributed by atoms with Gasteiger partial charge in [-0.05, 0) is 34.5 Å². The summed E-state index contributed by atoms with van der Waals surface area (Å²) in [7, 11) is -1.51. The van der Waals surface area contributed by atoms with Crippen LogP contribution in [0.1, 0.15) is 16.9 Å². The molecular formula is C13H17BrN2O4S. The molecule has 1 saturated heterocycles. The van der Waals surface area contributed by atoms with Gasteiger partial charge in [-0.15, -0.1) is 0 Å². The van der Waals surface area contributed by atoms with E-state index < -0.39 is 9.84 Å². The minimum atomic E-state index is -3.06. The predicted octanol–water partition coefficient (Wildman–Crippen LogP) is 1.12. The van der Waals surface area contributed by atoms with Gasteiger partial charge >= 0.3 is 0 Å². The van der Waals surface area contributed by atoms with E-state index in [2.05, 4.69) is 20.9 Å². The number of hydrogen-bond donors (Lipinski definition) is 0. The first-order valence-corrected chi connectivity index (χ1v) is 9.17. The molecule has 0 aliphatic carbocycles. The number of amides is 1. The van der Waals surface area contributed by atoms with Crippen molar-refractivity contribution in [3.8, 4) is 0 Å². The summed E-state index contributed by atoms with van der Waals surface area (Å²) in [6.45, 7) is 0.700. The van der Waals surface area contributed by atoms with Gasteiger partial charge in [0.15, 0.2) is 9.84 Å². The lowest BCUT2D eigenvalue weighted by Crippen LogP contribution is -2.43. The number of halogens is 1. The molecule has 1 aliphatic rings. The molecule has 0 bridgehead atoms. The molecule has 116 valence electrons. The number of nitrogens with zero attached hydrogens (tertiary/aromatic N) is 2. The molecule has 2 heterocycles. The number of carbonyl (C=O) groups is 1. The Morgan fingerprint density at radius 1 is 1.57 bits per heavy atom. The van der Waals surface area contributed by atoms with Crippen LogP contribution < -0.4 is 0 Å². The molecule has 0 aromatic carbocycles. The molecule has 21 heavy (non-hydrogen) atoms. The van der Waals surface area contributed by atoms with Crippen LogP contribution in [0.25, 0.3) is 0 Å². The van der Waals surface area contributed by atoms with Crippen LogP contribution in [0.15, 0.2) is 22.8 Å². The summed E-state index contributed by atoms with van der Waals surface area (Å²) in [5, 5.41) is 0. The first-order chi connectivity index (χ1) is 9.94. The van der Waals surface area contributed by atoms with Crippen molar-refractivity contribution in [1.29, 1.82) is 0 Å². The Hall–Kier alpha value is -0.990. The normalized spacial score (nSPS) is 20.4. The van der Waals surface area contributed by atoms with Crippen molar-refractivity contribution in [2.45, 2.75) is 12.5 Å². The molecule has 1 amide bonds. The average molecular weight is 377 g/mol. The van der Waals surface area contributed by atoms with Crippen LogP contribution in [0.4, 0.5) is 0 Å². The lowest BCUT2D eigenvalue weighted by atomic mass is 10.2. The first kappa shape index (κ1) is 16.4. The quantitative estimate of drug-likeness (QED) is 0.769. The van der Waals surface area contributed by atoms with Gasteiger partial charge in [0.25, 0.3) is 5.91 Å². The summed E-state index contributed by atoms with van der Waals surface area (Å²) in [6.07, 6.45) is 2.00. The molecule has 8 heteroatoms. The highest BCUT2D eigenvalue weighted by Gasteiger charge is 2.35. The van der Waals surface area contributed by atoms with Crippen LogP contribution in [0.5, 0.6) is 0 Å². The predicted molar refractivity (Wildman–Crippen MR) is 81.9 cm³/mol. The maximum atomic E-state index is 12.7. The minimum absolute atomic E-state index is 0.00685. The third-order valence-electron chi connectivity index (χ3n) is 3.41. The van der Waals surface area contributed by atoms with Crippen molar-refractivity contribution in [3.05, 3.63) is 28.5 Å². The third-order valence-corrected chi connectivity index (χ3v) is 5.80. The van der Waals surface area contributed by atoms with Crippen LogP contribution in [0.3, 0.4) is 0 Å². The number of ether oxygens (including phenoxy) is 1. The smallest absolute Gasteiger partial charge is 0.273 e. The van der Waals surface area contributed by atoms with Crippen molar-refractivity contribution in [3.63, 3.8) is 0 Å². The Morgan fingerprint density at radius 2 is 2.33 bits per heavy atom. The van der Waals surface area contributed by atoms with E-state index in [1.54, 1.807) is 24.1 Å². The topological polar surface area (TPSA) is 76.6 Å². The lowest BCUT2D eigenvalue weighted by Gasteiger charge is -2.28. The van der Waals surface area contributed by atoms with Gasteiger partial charge in [-0.2, -0.15) is 0 Å². The zero-order valence-electron chi connectivity index (χ0n) is 11.7. The number of sulfone groups is 1. The molecule has 2 rings (SSSR count). The van der Waals surface area contributed by atoms with E-state index in [0.29, 0.717) is 24.0 Å². The van der Waals surface area contributed by atoms with E-state index in [1.807, 2.05) is 0 Å². The van der Waals surface area contributed by atoms with Crippen LogP contribution in [-0.4, -0.2) is 62.0 Å². The standard InChI is InChI=1S/C13H17BrN2O4S/c1-20-7-6-16(10-4-8-21(18,19)9-10)13(17)12-11(14)3-2-5-15-12/h2-3,5,10H,4,6-9H2,1H3. The number of pyridine rings is 1. The zero-order valence-corrected chi connectivity index (χ0v) is 14.1. The molecule has 1 fully saturated rings. The Labute approximate surface area is 132 Å². The van der Waals surface area contributed by atoms with Gasteiger partial charge in [0.2, 0.25) is 0 Å². The highest BCUT2D eigenvalue weighted by Crippen LogP contribution is 2.22. The van der Waals surface area contributed by atoms with Gasteiger partial charge in [0, 0.05) is 30.4 Å². The molecule has 0 spiro atoms. The Balaban J connectivity index is 2.24. The van der Waals surface area contributed by atoms with E-state index in [1.165, 1.54) is 6.20 Å². The minimum Gasteiger partial charge on any atom is -0.383 e. The Morgan fingerprint density at radius 3 is 2.90 bits per heavy atom. The maximum absolute atomic E-state index is 12.7. The molecule has 1 aromatic rings. The van der Waals surface area contributed by atoms with Crippen molar-refractivity contribution in [2.24, 2.45) is 0 Å². The number of rotatable bonds is 5. The van der Waals surface area contributed by atoms with Gasteiger partial charge in [0.1, 0.15) is 5.69 Å². The van der Waals surface area contributed by atoms with Gasteiger partial charge in [-0.1, -0.05) is 0 Å². The second kappa shape index (κ2) is 6.85. The molecule has 1 atom stereocenters. The third kappa shape index (κ3) is 4.02. The lowest BCUT2D eigenvalue weighted by molar-refractivity contribution is 0.0617. The second-order valence-corrected chi connectivity index (χ2v) is 7.97. The molecular weight excluding hydrogens is 360 g/mol. The van der Waals surface area contributed by atoms with Crippen LogP contribution in [0.2, 0.25) is 0 Å². The number of hydrogen-bond acceptors (Lipinski definition) is 5. The SMILES string of the molecule is COCCN(C(=O)c1ncccc1Br)C1CCS(=O)(=O)C1. The highest BCUT2D eigenvalue weighted by molar-refractivity contribution is 9.10. The van der Waals surface area contributed by atoms with Crippen molar-refractivity contribution in [2.75, 3.05) is 31.8 Å². The number of aromatic nitrogens is 1. The van der Waals surface area contributed by atoms with E-state index in [4.69, 9.17) is 4.74 Å². The summed E-state index contributed by atoms with van der Waals surface area (Å²) < 4.78 is 28.9. The van der Waals surface area contributed by atoms with E-state index >= 15 is 0 Å². The van der Waals surface area contributed by atoms with Crippen molar-refractivity contribution >= 4 is 31.7 Å². The van der Waals surface area contributed by atoms with Gasteiger partial charge in [-0.25, -0.2) is 13.4 Å². The van der Waals surface area contributed by atoms with Crippen LogP contribution >= 0.6 is 15.9 Å². The summed E-state index contributed by atoms with van der Waals surface area (Å²) in [4.78, 5) is 18.3. The average Bonchev–Trinajstić information content (AvgIpc) is 2.79. The van der Waals surface area contributed by atoms with Gasteiger partial charge < -0.3 is 9.64 Å². The van der Waals surface area contributed by atoms with E-state index in [0.717, 1.165) is 0 Å². The summed E-state index contributed by atoms with van der Waals surface area (Å²) in [6, 6.07) is 3.15. The summed E-state index contributed by atoms with van der Waals surface area (Å²) in [5.41, 5.74) is 0.290. The molecule has 0 N–H and O–H groups in total. The highest BCUT2D eigenvalue weighted by atomic mass is 79.9. The fourth-order valence-corrected chi connectivity index (χ4v) is 4.50. The Kier molecular flexibility index (Phi) is 5.34. The molecule has 1 unspecified atom stereocenters. The fourth-order valence-electron chi connectivity index (χ4n) is 2.34. The molecule has 0 saturated carbocycles. The zero-order chi connectivity index (χ0) is 15.5.